The Kier molecular flexibility index (Phi) is 3.79. The van der Waals surface area contributed by atoms with Gasteiger partial charge in [0.15, 0.2) is 5.78 Å². The third-order valence-electron chi connectivity index (χ3n) is 2.98. The van der Waals surface area contributed by atoms with Crippen LogP contribution in [-0.2, 0) is 6.42 Å². The van der Waals surface area contributed by atoms with Crippen molar-refractivity contribution in [2.75, 3.05) is 0 Å². The monoisotopic (exact) mass is 274 g/mol. The number of Topliss-reactive ketones (excluding diaryl/α,β-unsaturated/α-hetero) is 1. The summed E-state index contributed by atoms with van der Waals surface area (Å²) in [6.07, 6.45) is 0.244. The van der Waals surface area contributed by atoms with E-state index in [4.69, 9.17) is 5.11 Å². The SMILES string of the molecule is O=C(CCc1c(O)cc(O)cc1O)c1ccc(O)cc1. The molecule has 0 saturated heterocycles. The highest BCUT2D eigenvalue weighted by Crippen LogP contribution is 2.33. The van der Waals surface area contributed by atoms with Crippen LogP contribution in [0.5, 0.6) is 23.0 Å². The van der Waals surface area contributed by atoms with Crippen LogP contribution in [0.2, 0.25) is 0 Å². The van der Waals surface area contributed by atoms with Crippen molar-refractivity contribution in [3.63, 3.8) is 0 Å². The Morgan fingerprint density at radius 3 is 1.95 bits per heavy atom. The highest BCUT2D eigenvalue weighted by Gasteiger charge is 2.13. The van der Waals surface area contributed by atoms with E-state index in [9.17, 15) is 20.1 Å². The lowest BCUT2D eigenvalue weighted by molar-refractivity contribution is 0.0982. The minimum Gasteiger partial charge on any atom is -0.508 e. The van der Waals surface area contributed by atoms with Gasteiger partial charge in [-0.1, -0.05) is 0 Å². The molecule has 2 aromatic rings. The van der Waals surface area contributed by atoms with E-state index in [1.165, 1.54) is 24.3 Å². The molecular formula is C15H14O5. The van der Waals surface area contributed by atoms with E-state index in [1.807, 2.05) is 0 Å². The molecule has 0 fully saturated rings. The molecule has 0 amide bonds. The maximum absolute atomic E-state index is 11.9. The molecule has 0 radical (unpaired) electrons. The van der Waals surface area contributed by atoms with E-state index in [-0.39, 0.29) is 47.2 Å². The van der Waals surface area contributed by atoms with Crippen molar-refractivity contribution in [2.45, 2.75) is 12.8 Å². The second kappa shape index (κ2) is 5.52. The van der Waals surface area contributed by atoms with Crippen LogP contribution in [0.1, 0.15) is 22.3 Å². The molecule has 20 heavy (non-hydrogen) atoms. The van der Waals surface area contributed by atoms with E-state index in [1.54, 1.807) is 0 Å². The first kappa shape index (κ1) is 13.7. The summed E-state index contributed by atoms with van der Waals surface area (Å²) in [7, 11) is 0. The molecule has 104 valence electrons. The number of carbonyl (C=O) groups is 1. The molecule has 2 rings (SSSR count). The van der Waals surface area contributed by atoms with Crippen LogP contribution in [0.3, 0.4) is 0 Å². The lowest BCUT2D eigenvalue weighted by Crippen LogP contribution is -2.01. The lowest BCUT2D eigenvalue weighted by Gasteiger charge is -2.07. The van der Waals surface area contributed by atoms with E-state index in [0.717, 1.165) is 12.1 Å². The van der Waals surface area contributed by atoms with Crippen molar-refractivity contribution < 1.29 is 25.2 Å². The number of carbonyl (C=O) groups excluding carboxylic acids is 1. The Bertz CT molecular complexity index is 608. The van der Waals surface area contributed by atoms with Gasteiger partial charge in [-0.3, -0.25) is 4.79 Å². The zero-order valence-electron chi connectivity index (χ0n) is 10.6. The normalized spacial score (nSPS) is 10.4. The van der Waals surface area contributed by atoms with Gasteiger partial charge in [-0.2, -0.15) is 0 Å². The summed E-state index contributed by atoms with van der Waals surface area (Å²) in [5.41, 5.74) is 0.662. The number of aromatic hydroxyl groups is 4. The molecule has 0 unspecified atom stereocenters. The third kappa shape index (κ3) is 3.00. The minimum absolute atomic E-state index is 0.0790. The van der Waals surface area contributed by atoms with Gasteiger partial charge in [0.25, 0.3) is 0 Å². The van der Waals surface area contributed by atoms with E-state index in [0.29, 0.717) is 5.56 Å². The molecule has 0 aliphatic rings. The number of hydrogen-bond donors (Lipinski definition) is 4. The second-order valence-electron chi connectivity index (χ2n) is 4.43. The predicted molar refractivity (Wildman–Crippen MR) is 72.2 cm³/mol. The molecule has 0 saturated carbocycles. The van der Waals surface area contributed by atoms with Gasteiger partial charge in [0.1, 0.15) is 23.0 Å². The summed E-state index contributed by atoms with van der Waals surface area (Å²) in [5.74, 6) is -0.831. The molecule has 0 bridgehead atoms. The molecule has 5 heteroatoms. The standard InChI is InChI=1S/C15H14O5/c16-10-3-1-9(2-4-10)13(18)6-5-12-14(19)7-11(17)8-15(12)20/h1-4,7-8,16-17,19-20H,5-6H2. The van der Waals surface area contributed by atoms with Gasteiger partial charge in [0.2, 0.25) is 0 Å². The zero-order valence-corrected chi connectivity index (χ0v) is 10.6. The van der Waals surface area contributed by atoms with Crippen molar-refractivity contribution >= 4 is 5.78 Å². The first-order valence-corrected chi connectivity index (χ1v) is 6.03. The van der Waals surface area contributed by atoms with Crippen LogP contribution >= 0.6 is 0 Å². The summed E-state index contributed by atoms with van der Waals surface area (Å²) in [4.78, 5) is 11.9. The summed E-state index contributed by atoms with van der Waals surface area (Å²) in [5, 5.41) is 37.6. The number of hydrogen-bond acceptors (Lipinski definition) is 5. The Hall–Kier alpha value is -2.69. The van der Waals surface area contributed by atoms with Gasteiger partial charge in [0.05, 0.1) is 0 Å². The Morgan fingerprint density at radius 2 is 1.40 bits per heavy atom. The average Bonchev–Trinajstić information content (AvgIpc) is 2.38. The first-order valence-electron chi connectivity index (χ1n) is 6.03. The van der Waals surface area contributed by atoms with Crippen molar-refractivity contribution in [1.29, 1.82) is 0 Å². The quantitative estimate of drug-likeness (QED) is 0.641. The topological polar surface area (TPSA) is 98.0 Å². The molecule has 0 spiro atoms. The Labute approximate surface area is 115 Å². The van der Waals surface area contributed by atoms with Crippen molar-refractivity contribution in [3.8, 4) is 23.0 Å². The molecular weight excluding hydrogens is 260 g/mol. The molecule has 0 aliphatic carbocycles. The van der Waals surface area contributed by atoms with Gasteiger partial charge in [-0.15, -0.1) is 0 Å². The van der Waals surface area contributed by atoms with E-state index >= 15 is 0 Å². The van der Waals surface area contributed by atoms with Crippen LogP contribution in [0.25, 0.3) is 0 Å². The number of ketones is 1. The smallest absolute Gasteiger partial charge is 0.163 e. The maximum Gasteiger partial charge on any atom is 0.163 e. The second-order valence-corrected chi connectivity index (χ2v) is 4.43. The van der Waals surface area contributed by atoms with Gasteiger partial charge in [-0.25, -0.2) is 0 Å². The Balaban J connectivity index is 2.09. The molecule has 0 atom stereocenters. The Morgan fingerprint density at radius 1 is 0.850 bits per heavy atom. The highest BCUT2D eigenvalue weighted by molar-refractivity contribution is 5.96. The third-order valence-corrected chi connectivity index (χ3v) is 2.98. The lowest BCUT2D eigenvalue weighted by atomic mass is 10.0. The molecule has 0 aliphatic heterocycles. The highest BCUT2D eigenvalue weighted by atomic mass is 16.3. The van der Waals surface area contributed by atoms with E-state index < -0.39 is 0 Å². The van der Waals surface area contributed by atoms with Crippen LogP contribution in [0, 0.1) is 0 Å². The largest absolute Gasteiger partial charge is 0.508 e. The van der Waals surface area contributed by atoms with Crippen molar-refractivity contribution in [2.24, 2.45) is 0 Å². The molecule has 4 N–H and O–H groups in total. The van der Waals surface area contributed by atoms with Crippen LogP contribution in [0.15, 0.2) is 36.4 Å². The fraction of sp³-hybridized carbons (Fsp3) is 0.133. The van der Waals surface area contributed by atoms with Crippen LogP contribution < -0.4 is 0 Å². The average molecular weight is 274 g/mol. The first-order chi connectivity index (χ1) is 9.47. The zero-order chi connectivity index (χ0) is 14.7. The van der Waals surface area contributed by atoms with Crippen LogP contribution in [0.4, 0.5) is 0 Å². The van der Waals surface area contributed by atoms with Gasteiger partial charge in [0, 0.05) is 29.7 Å². The van der Waals surface area contributed by atoms with Crippen molar-refractivity contribution in [3.05, 3.63) is 47.5 Å². The summed E-state index contributed by atoms with van der Waals surface area (Å²) in [6, 6.07) is 8.08. The number of benzene rings is 2. The number of phenolic OH excluding ortho intramolecular Hbond substituents is 4. The maximum atomic E-state index is 11.9. The molecule has 5 nitrogen and oxygen atoms in total. The number of phenols is 4. The number of rotatable bonds is 4. The summed E-state index contributed by atoms with van der Waals surface area (Å²) in [6.45, 7) is 0. The summed E-state index contributed by atoms with van der Waals surface area (Å²) < 4.78 is 0. The van der Waals surface area contributed by atoms with Gasteiger partial charge < -0.3 is 20.4 Å². The van der Waals surface area contributed by atoms with Gasteiger partial charge >= 0.3 is 0 Å². The van der Waals surface area contributed by atoms with Crippen LogP contribution in [-0.4, -0.2) is 26.2 Å². The fourth-order valence-corrected chi connectivity index (χ4v) is 1.91. The van der Waals surface area contributed by atoms with E-state index in [2.05, 4.69) is 0 Å². The minimum atomic E-state index is -0.249. The molecule has 2 aromatic carbocycles. The molecule has 0 aromatic heterocycles. The molecule has 0 heterocycles. The predicted octanol–water partition coefficient (Wildman–Crippen LogP) is 2.32. The van der Waals surface area contributed by atoms with Gasteiger partial charge in [-0.05, 0) is 30.7 Å². The van der Waals surface area contributed by atoms with Crippen molar-refractivity contribution in [1.82, 2.24) is 0 Å². The summed E-state index contributed by atoms with van der Waals surface area (Å²) >= 11 is 0. The fourth-order valence-electron chi connectivity index (χ4n) is 1.91.